The molecule has 0 atom stereocenters. The number of aromatic amines is 1. The van der Waals surface area contributed by atoms with Crippen molar-refractivity contribution in [1.29, 1.82) is 0 Å². The van der Waals surface area contributed by atoms with Crippen LogP contribution < -0.4 is 14.8 Å². The fourth-order valence-corrected chi connectivity index (χ4v) is 3.14. The number of aromatic nitrogens is 2. The van der Waals surface area contributed by atoms with Gasteiger partial charge in [0.2, 0.25) is 0 Å². The number of rotatable bonds is 8. The molecule has 2 N–H and O–H groups in total. The van der Waals surface area contributed by atoms with Crippen molar-refractivity contribution < 1.29 is 9.47 Å². The van der Waals surface area contributed by atoms with Crippen molar-refractivity contribution in [3.8, 4) is 35.1 Å². The Morgan fingerprint density at radius 1 is 1.23 bits per heavy atom. The van der Waals surface area contributed by atoms with E-state index in [4.69, 9.17) is 15.9 Å². The Labute approximate surface area is 183 Å². The van der Waals surface area contributed by atoms with E-state index in [2.05, 4.69) is 38.3 Å². The predicted molar refractivity (Wildman–Crippen MR) is 123 cm³/mol. The fraction of sp³-hybridized carbons (Fsp3) is 0.250. The van der Waals surface area contributed by atoms with Gasteiger partial charge in [0.15, 0.2) is 17.5 Å². The molecular weight excluding hydrogens is 390 g/mol. The van der Waals surface area contributed by atoms with Gasteiger partial charge in [-0.05, 0) is 23.3 Å². The zero-order valence-corrected chi connectivity index (χ0v) is 18.1. The summed E-state index contributed by atoms with van der Waals surface area (Å²) in [5.74, 6) is 5.34. The summed E-state index contributed by atoms with van der Waals surface area (Å²) in [6.07, 6.45) is 7.15. The Bertz CT molecular complexity index is 1050. The Balaban J connectivity index is 1.61. The highest BCUT2D eigenvalue weighted by atomic mass is 16.5. The minimum Gasteiger partial charge on any atom is -0.493 e. The van der Waals surface area contributed by atoms with Gasteiger partial charge in [-0.3, -0.25) is 4.99 Å². The molecule has 0 spiro atoms. The Morgan fingerprint density at radius 2 is 2.03 bits per heavy atom. The van der Waals surface area contributed by atoms with E-state index in [1.54, 1.807) is 14.2 Å². The monoisotopic (exact) mass is 417 g/mol. The van der Waals surface area contributed by atoms with Crippen LogP contribution >= 0.6 is 0 Å². The van der Waals surface area contributed by atoms with E-state index in [1.165, 1.54) is 0 Å². The number of benzene rings is 2. The summed E-state index contributed by atoms with van der Waals surface area (Å²) in [5, 5.41) is 3.36. The van der Waals surface area contributed by atoms with Gasteiger partial charge < -0.3 is 24.7 Å². The molecule has 0 fully saturated rings. The maximum atomic E-state index is 5.57. The molecule has 7 nitrogen and oxygen atoms in total. The zero-order chi connectivity index (χ0) is 22.1. The maximum Gasteiger partial charge on any atom is 0.194 e. The van der Waals surface area contributed by atoms with E-state index >= 15 is 0 Å². The van der Waals surface area contributed by atoms with Crippen LogP contribution in [0.4, 0.5) is 0 Å². The second kappa shape index (κ2) is 10.7. The third-order valence-corrected chi connectivity index (χ3v) is 4.66. The maximum absolute atomic E-state index is 5.57. The number of nitrogens with zero attached hydrogens (tertiary/aromatic N) is 3. The first-order valence-electron chi connectivity index (χ1n) is 9.89. The van der Waals surface area contributed by atoms with Crippen LogP contribution in [0.25, 0.3) is 11.3 Å². The van der Waals surface area contributed by atoms with E-state index < -0.39 is 0 Å². The largest absolute Gasteiger partial charge is 0.493 e. The van der Waals surface area contributed by atoms with Crippen molar-refractivity contribution in [3.05, 3.63) is 66.1 Å². The van der Waals surface area contributed by atoms with Crippen LogP contribution in [0, 0.1) is 12.3 Å². The van der Waals surface area contributed by atoms with Crippen LogP contribution in [0.5, 0.6) is 11.5 Å². The number of hydrogen-bond acceptors (Lipinski definition) is 4. The number of methoxy groups -OCH3 is 1. The van der Waals surface area contributed by atoms with E-state index in [9.17, 15) is 0 Å². The standard InChI is InChI=1S/C24H27N5O2/c1-5-13-31-22-14-18(11-12-21(22)30-4)15-27-24(25-2)29(3)17-23-26-16-20(28-23)19-9-7-6-8-10-19/h1,6-12,14,16H,13,15,17H2,2-4H3,(H,25,27)(H,26,28). The molecule has 0 bridgehead atoms. The molecule has 1 heterocycles. The van der Waals surface area contributed by atoms with Gasteiger partial charge in [0.05, 0.1) is 25.5 Å². The number of guanidine groups is 1. The molecule has 0 saturated heterocycles. The predicted octanol–water partition coefficient (Wildman–Crippen LogP) is 3.30. The van der Waals surface area contributed by atoms with Gasteiger partial charge in [-0.25, -0.2) is 4.98 Å². The lowest BCUT2D eigenvalue weighted by Crippen LogP contribution is -2.38. The topological polar surface area (TPSA) is 74.8 Å². The van der Waals surface area contributed by atoms with E-state index in [-0.39, 0.29) is 6.61 Å². The Kier molecular flexibility index (Phi) is 7.55. The highest BCUT2D eigenvalue weighted by Gasteiger charge is 2.11. The van der Waals surface area contributed by atoms with E-state index in [1.807, 2.05) is 54.5 Å². The second-order valence-corrected chi connectivity index (χ2v) is 6.84. The molecule has 0 aliphatic rings. The highest BCUT2D eigenvalue weighted by molar-refractivity contribution is 5.79. The molecule has 7 heteroatoms. The first-order valence-corrected chi connectivity index (χ1v) is 9.89. The van der Waals surface area contributed by atoms with Gasteiger partial charge in [0.25, 0.3) is 0 Å². The van der Waals surface area contributed by atoms with Crippen LogP contribution in [-0.4, -0.2) is 48.6 Å². The number of ether oxygens (including phenoxy) is 2. The van der Waals surface area contributed by atoms with Crippen LogP contribution in [0.1, 0.15) is 11.4 Å². The van der Waals surface area contributed by atoms with Crippen molar-refractivity contribution in [1.82, 2.24) is 20.2 Å². The number of nitrogens with one attached hydrogen (secondary N) is 2. The summed E-state index contributed by atoms with van der Waals surface area (Å²) in [4.78, 5) is 14.3. The third kappa shape index (κ3) is 5.80. The van der Waals surface area contributed by atoms with E-state index in [0.29, 0.717) is 24.6 Å². The summed E-state index contributed by atoms with van der Waals surface area (Å²) in [6.45, 7) is 1.35. The Morgan fingerprint density at radius 3 is 2.74 bits per heavy atom. The first-order chi connectivity index (χ1) is 15.1. The summed E-state index contributed by atoms with van der Waals surface area (Å²) in [7, 11) is 5.33. The van der Waals surface area contributed by atoms with Crippen molar-refractivity contribution in [2.24, 2.45) is 4.99 Å². The number of imidazole rings is 1. The second-order valence-electron chi connectivity index (χ2n) is 6.84. The van der Waals surface area contributed by atoms with Crippen LogP contribution in [0.15, 0.2) is 59.7 Å². The summed E-state index contributed by atoms with van der Waals surface area (Å²) in [6, 6.07) is 15.9. The molecule has 31 heavy (non-hydrogen) atoms. The smallest absolute Gasteiger partial charge is 0.194 e. The quantitative estimate of drug-likeness (QED) is 0.334. The summed E-state index contributed by atoms with van der Waals surface area (Å²) in [5.41, 5.74) is 3.12. The molecule has 0 radical (unpaired) electrons. The Hall–Kier alpha value is -3.92. The SMILES string of the molecule is C#CCOc1cc(CNC(=NC)N(C)Cc2ncc(-c3ccccc3)[nH]2)ccc1OC. The third-order valence-electron chi connectivity index (χ3n) is 4.66. The number of hydrogen-bond donors (Lipinski definition) is 2. The number of terminal acetylenes is 1. The lowest BCUT2D eigenvalue weighted by molar-refractivity contribution is 0.330. The minimum absolute atomic E-state index is 0.186. The molecule has 2 aromatic carbocycles. The highest BCUT2D eigenvalue weighted by Crippen LogP contribution is 2.28. The zero-order valence-electron chi connectivity index (χ0n) is 18.1. The van der Waals surface area contributed by atoms with Gasteiger partial charge in [-0.15, -0.1) is 6.42 Å². The first kappa shape index (κ1) is 21.8. The van der Waals surface area contributed by atoms with E-state index in [0.717, 1.165) is 28.6 Å². The molecule has 0 amide bonds. The average Bonchev–Trinajstić information content (AvgIpc) is 3.27. The van der Waals surface area contributed by atoms with Crippen molar-refractivity contribution in [2.45, 2.75) is 13.1 Å². The van der Waals surface area contributed by atoms with Crippen molar-refractivity contribution in [3.63, 3.8) is 0 Å². The average molecular weight is 418 g/mol. The lowest BCUT2D eigenvalue weighted by Gasteiger charge is -2.21. The van der Waals surface area contributed by atoms with Crippen LogP contribution in [0.3, 0.4) is 0 Å². The molecule has 0 unspecified atom stereocenters. The minimum atomic E-state index is 0.186. The molecular formula is C24H27N5O2. The summed E-state index contributed by atoms with van der Waals surface area (Å²) >= 11 is 0. The van der Waals surface area contributed by atoms with Gasteiger partial charge >= 0.3 is 0 Å². The number of H-pyrrole nitrogens is 1. The number of aliphatic imine (C=N–C) groups is 1. The van der Waals surface area contributed by atoms with Gasteiger partial charge in [0.1, 0.15) is 12.4 Å². The lowest BCUT2D eigenvalue weighted by atomic mass is 10.2. The van der Waals surface area contributed by atoms with Gasteiger partial charge in [-0.2, -0.15) is 0 Å². The van der Waals surface area contributed by atoms with Crippen LogP contribution in [0.2, 0.25) is 0 Å². The molecule has 1 aromatic heterocycles. The molecule has 0 saturated carbocycles. The van der Waals surface area contributed by atoms with Crippen molar-refractivity contribution in [2.75, 3.05) is 27.8 Å². The molecule has 3 aromatic rings. The molecule has 3 rings (SSSR count). The molecule has 0 aliphatic heterocycles. The summed E-state index contributed by atoms with van der Waals surface area (Å²) < 4.78 is 10.9. The van der Waals surface area contributed by atoms with Gasteiger partial charge in [-0.1, -0.05) is 42.3 Å². The normalized spacial score (nSPS) is 11.0. The molecule has 0 aliphatic carbocycles. The van der Waals surface area contributed by atoms with Crippen molar-refractivity contribution >= 4 is 5.96 Å². The van der Waals surface area contributed by atoms with Crippen LogP contribution in [-0.2, 0) is 13.1 Å². The van der Waals surface area contributed by atoms with Gasteiger partial charge in [0, 0.05) is 20.6 Å². The fourth-order valence-electron chi connectivity index (χ4n) is 3.14. The molecule has 160 valence electrons.